The summed E-state index contributed by atoms with van der Waals surface area (Å²) in [6, 6.07) is 0. The first-order valence-electron chi connectivity index (χ1n) is 6.21. The maximum atomic E-state index is 11.8. The van der Waals surface area contributed by atoms with Crippen molar-refractivity contribution in [3.05, 3.63) is 0 Å². The van der Waals surface area contributed by atoms with Crippen molar-refractivity contribution < 1.29 is 9.53 Å². The Balaban J connectivity index is 2.06. The SMILES string of the molecule is COCCNCCC(=O)N1CCC(C)CC1. The number of nitrogens with zero attached hydrogens (tertiary/aromatic N) is 1. The summed E-state index contributed by atoms with van der Waals surface area (Å²) in [5.74, 6) is 1.07. The van der Waals surface area contributed by atoms with Gasteiger partial charge in [-0.05, 0) is 18.8 Å². The molecule has 1 heterocycles. The van der Waals surface area contributed by atoms with Crippen molar-refractivity contribution in [3.63, 3.8) is 0 Å². The number of methoxy groups -OCH3 is 1. The molecule has 1 aliphatic rings. The molecular formula is C12H24N2O2. The lowest BCUT2D eigenvalue weighted by molar-refractivity contribution is -0.132. The fraction of sp³-hybridized carbons (Fsp3) is 0.917. The van der Waals surface area contributed by atoms with Crippen LogP contribution in [-0.4, -0.2) is 50.7 Å². The minimum Gasteiger partial charge on any atom is -0.383 e. The van der Waals surface area contributed by atoms with Gasteiger partial charge in [0.2, 0.25) is 5.91 Å². The molecule has 1 N–H and O–H groups in total. The van der Waals surface area contributed by atoms with E-state index in [4.69, 9.17) is 4.74 Å². The Bertz CT molecular complexity index is 201. The molecule has 1 amide bonds. The van der Waals surface area contributed by atoms with Crippen molar-refractivity contribution in [1.29, 1.82) is 0 Å². The second-order valence-electron chi connectivity index (χ2n) is 4.56. The normalized spacial score (nSPS) is 17.8. The van der Waals surface area contributed by atoms with Crippen molar-refractivity contribution >= 4 is 5.91 Å². The summed E-state index contributed by atoms with van der Waals surface area (Å²) in [5.41, 5.74) is 0. The maximum Gasteiger partial charge on any atom is 0.223 e. The van der Waals surface area contributed by atoms with E-state index in [1.54, 1.807) is 7.11 Å². The van der Waals surface area contributed by atoms with E-state index >= 15 is 0 Å². The van der Waals surface area contributed by atoms with Crippen molar-refractivity contribution in [2.75, 3.05) is 39.9 Å². The van der Waals surface area contributed by atoms with E-state index in [0.29, 0.717) is 13.0 Å². The first-order valence-corrected chi connectivity index (χ1v) is 6.21. The fourth-order valence-electron chi connectivity index (χ4n) is 1.91. The average Bonchev–Trinajstić information content (AvgIpc) is 2.29. The standard InChI is InChI=1S/C12H24N2O2/c1-11-4-8-14(9-5-11)12(15)3-6-13-7-10-16-2/h11,13H,3-10H2,1-2H3. The molecular weight excluding hydrogens is 204 g/mol. The Hall–Kier alpha value is -0.610. The minimum atomic E-state index is 0.289. The summed E-state index contributed by atoms with van der Waals surface area (Å²) in [4.78, 5) is 13.8. The number of hydrogen-bond acceptors (Lipinski definition) is 3. The predicted octanol–water partition coefficient (Wildman–Crippen LogP) is 0.871. The van der Waals surface area contributed by atoms with E-state index in [1.165, 1.54) is 0 Å². The molecule has 0 aromatic rings. The van der Waals surface area contributed by atoms with Gasteiger partial charge in [-0.2, -0.15) is 0 Å². The van der Waals surface area contributed by atoms with Gasteiger partial charge in [-0.1, -0.05) is 6.92 Å². The van der Waals surface area contributed by atoms with Gasteiger partial charge in [-0.3, -0.25) is 4.79 Å². The second kappa shape index (κ2) is 7.63. The molecule has 0 spiro atoms. The molecule has 1 fully saturated rings. The number of piperidine rings is 1. The Kier molecular flexibility index (Phi) is 6.42. The van der Waals surface area contributed by atoms with E-state index < -0.39 is 0 Å². The lowest BCUT2D eigenvalue weighted by Gasteiger charge is -2.30. The highest BCUT2D eigenvalue weighted by molar-refractivity contribution is 5.76. The first-order chi connectivity index (χ1) is 7.74. The number of ether oxygens (including phenoxy) is 1. The number of likely N-dealkylation sites (tertiary alicyclic amines) is 1. The van der Waals surface area contributed by atoms with Crippen LogP contribution in [0.25, 0.3) is 0 Å². The zero-order chi connectivity index (χ0) is 11.8. The molecule has 0 aromatic carbocycles. The van der Waals surface area contributed by atoms with Crippen molar-refractivity contribution in [1.82, 2.24) is 10.2 Å². The minimum absolute atomic E-state index is 0.289. The molecule has 0 aromatic heterocycles. The molecule has 0 saturated carbocycles. The fourth-order valence-corrected chi connectivity index (χ4v) is 1.91. The number of rotatable bonds is 6. The maximum absolute atomic E-state index is 11.8. The van der Waals surface area contributed by atoms with Crippen LogP contribution in [-0.2, 0) is 9.53 Å². The summed E-state index contributed by atoms with van der Waals surface area (Å²) in [6.07, 6.45) is 2.92. The van der Waals surface area contributed by atoms with Crippen LogP contribution in [0.15, 0.2) is 0 Å². The van der Waals surface area contributed by atoms with Gasteiger partial charge in [0.05, 0.1) is 6.61 Å². The van der Waals surface area contributed by atoms with Crippen LogP contribution in [0.1, 0.15) is 26.2 Å². The van der Waals surface area contributed by atoms with Crippen LogP contribution in [0.2, 0.25) is 0 Å². The van der Waals surface area contributed by atoms with Crippen molar-refractivity contribution in [3.8, 4) is 0 Å². The third kappa shape index (κ3) is 4.94. The van der Waals surface area contributed by atoms with Gasteiger partial charge < -0.3 is 15.0 Å². The zero-order valence-corrected chi connectivity index (χ0v) is 10.5. The number of hydrogen-bond donors (Lipinski definition) is 1. The number of amides is 1. The van der Waals surface area contributed by atoms with Crippen LogP contribution in [0.5, 0.6) is 0 Å². The average molecular weight is 228 g/mol. The Morgan fingerprint density at radius 3 is 2.69 bits per heavy atom. The molecule has 1 aliphatic heterocycles. The molecule has 0 atom stereocenters. The molecule has 1 saturated heterocycles. The third-order valence-corrected chi connectivity index (χ3v) is 3.13. The van der Waals surface area contributed by atoms with Gasteiger partial charge in [0.1, 0.15) is 0 Å². The highest BCUT2D eigenvalue weighted by Gasteiger charge is 2.19. The zero-order valence-electron chi connectivity index (χ0n) is 10.5. The summed E-state index contributed by atoms with van der Waals surface area (Å²) in [7, 11) is 1.68. The molecule has 0 aliphatic carbocycles. The lowest BCUT2D eigenvalue weighted by Crippen LogP contribution is -2.39. The van der Waals surface area contributed by atoms with E-state index in [1.807, 2.05) is 4.90 Å². The molecule has 0 radical (unpaired) electrons. The lowest BCUT2D eigenvalue weighted by atomic mass is 9.99. The van der Waals surface area contributed by atoms with Crippen LogP contribution < -0.4 is 5.32 Å². The van der Waals surface area contributed by atoms with Crippen molar-refractivity contribution in [2.24, 2.45) is 5.92 Å². The molecule has 4 nitrogen and oxygen atoms in total. The van der Waals surface area contributed by atoms with Gasteiger partial charge >= 0.3 is 0 Å². The van der Waals surface area contributed by atoms with Crippen LogP contribution >= 0.6 is 0 Å². The molecule has 0 unspecified atom stereocenters. The highest BCUT2D eigenvalue weighted by atomic mass is 16.5. The second-order valence-corrected chi connectivity index (χ2v) is 4.56. The first kappa shape index (κ1) is 13.5. The summed E-state index contributed by atoms with van der Waals surface area (Å²) >= 11 is 0. The van der Waals surface area contributed by atoms with Gasteiger partial charge in [0, 0.05) is 39.7 Å². The van der Waals surface area contributed by atoms with E-state index in [2.05, 4.69) is 12.2 Å². The molecule has 94 valence electrons. The molecule has 0 bridgehead atoms. The predicted molar refractivity (Wildman–Crippen MR) is 64.3 cm³/mol. The van der Waals surface area contributed by atoms with Crippen LogP contribution in [0.4, 0.5) is 0 Å². The Morgan fingerprint density at radius 2 is 2.06 bits per heavy atom. The Morgan fingerprint density at radius 1 is 1.38 bits per heavy atom. The molecule has 1 rings (SSSR count). The third-order valence-electron chi connectivity index (χ3n) is 3.13. The van der Waals surface area contributed by atoms with Gasteiger partial charge in [-0.25, -0.2) is 0 Å². The van der Waals surface area contributed by atoms with Gasteiger partial charge in [0.25, 0.3) is 0 Å². The quantitative estimate of drug-likeness (QED) is 0.686. The van der Waals surface area contributed by atoms with Crippen molar-refractivity contribution in [2.45, 2.75) is 26.2 Å². The largest absolute Gasteiger partial charge is 0.383 e. The number of carbonyl (C=O) groups excluding carboxylic acids is 1. The topological polar surface area (TPSA) is 41.6 Å². The van der Waals surface area contributed by atoms with Crippen LogP contribution in [0, 0.1) is 5.92 Å². The van der Waals surface area contributed by atoms with Crippen LogP contribution in [0.3, 0.4) is 0 Å². The van der Waals surface area contributed by atoms with E-state index in [-0.39, 0.29) is 5.91 Å². The Labute approximate surface area is 98.3 Å². The van der Waals surface area contributed by atoms with Gasteiger partial charge in [-0.15, -0.1) is 0 Å². The summed E-state index contributed by atoms with van der Waals surface area (Å²) < 4.78 is 4.92. The number of carbonyl (C=O) groups is 1. The summed E-state index contributed by atoms with van der Waals surface area (Å²) in [6.45, 7) is 6.43. The molecule has 4 heteroatoms. The van der Waals surface area contributed by atoms with E-state index in [0.717, 1.165) is 44.9 Å². The number of nitrogens with one attached hydrogen (secondary N) is 1. The van der Waals surface area contributed by atoms with E-state index in [9.17, 15) is 4.79 Å². The van der Waals surface area contributed by atoms with Gasteiger partial charge in [0.15, 0.2) is 0 Å². The molecule has 16 heavy (non-hydrogen) atoms. The summed E-state index contributed by atoms with van der Waals surface area (Å²) in [5, 5.41) is 3.19. The monoisotopic (exact) mass is 228 g/mol. The smallest absolute Gasteiger partial charge is 0.223 e. The highest BCUT2D eigenvalue weighted by Crippen LogP contribution is 2.16.